The van der Waals surface area contributed by atoms with Gasteiger partial charge in [-0.1, -0.05) is 24.3 Å². The normalized spacial score (nSPS) is 10.5. The summed E-state index contributed by atoms with van der Waals surface area (Å²) in [5.41, 5.74) is 4.75. The van der Waals surface area contributed by atoms with Gasteiger partial charge in [-0.15, -0.1) is 0 Å². The Morgan fingerprint density at radius 1 is 0.969 bits per heavy atom. The Morgan fingerprint density at radius 3 is 2.38 bits per heavy atom. The van der Waals surface area contributed by atoms with E-state index in [1.54, 1.807) is 48.5 Å². The highest BCUT2D eigenvalue weighted by atomic mass is 16.5. The highest BCUT2D eigenvalue weighted by Gasteiger charge is 2.05. The third-order valence-corrected chi connectivity index (χ3v) is 4.31. The second-order valence-corrected chi connectivity index (χ2v) is 6.61. The van der Waals surface area contributed by atoms with Crippen LogP contribution in [0.25, 0.3) is 0 Å². The minimum Gasteiger partial charge on any atom is -0.494 e. The van der Waals surface area contributed by atoms with Crippen molar-refractivity contribution < 1.29 is 24.2 Å². The van der Waals surface area contributed by atoms with Crippen LogP contribution in [0.4, 0.5) is 10.5 Å². The molecule has 3 aromatic rings. The fourth-order valence-corrected chi connectivity index (χ4v) is 2.74. The summed E-state index contributed by atoms with van der Waals surface area (Å²) in [5.74, 6) is 0.330. The Hall–Kier alpha value is -4.33. The predicted molar refractivity (Wildman–Crippen MR) is 122 cm³/mol. The van der Waals surface area contributed by atoms with Gasteiger partial charge in [0.2, 0.25) is 0 Å². The molecule has 32 heavy (non-hydrogen) atoms. The smallest absolute Gasteiger partial charge is 0.339 e. The number of hydrazone groups is 1. The van der Waals surface area contributed by atoms with E-state index in [1.807, 2.05) is 19.1 Å². The molecule has 0 aromatic heterocycles. The molecule has 0 radical (unpaired) electrons. The Labute approximate surface area is 185 Å². The summed E-state index contributed by atoms with van der Waals surface area (Å²) < 4.78 is 11.2. The van der Waals surface area contributed by atoms with Gasteiger partial charge >= 0.3 is 12.0 Å². The van der Waals surface area contributed by atoms with E-state index in [1.165, 1.54) is 18.3 Å². The molecule has 3 rings (SSSR count). The molecule has 0 fully saturated rings. The molecule has 0 saturated heterocycles. The van der Waals surface area contributed by atoms with Crippen LogP contribution in [-0.2, 0) is 6.61 Å². The summed E-state index contributed by atoms with van der Waals surface area (Å²) in [6.45, 7) is 2.74. The molecule has 0 aliphatic carbocycles. The van der Waals surface area contributed by atoms with Crippen LogP contribution in [0.1, 0.15) is 28.4 Å². The number of carboxylic acids is 1. The van der Waals surface area contributed by atoms with E-state index < -0.39 is 12.0 Å². The van der Waals surface area contributed by atoms with Crippen molar-refractivity contribution in [1.29, 1.82) is 0 Å². The maximum Gasteiger partial charge on any atom is 0.339 e. The van der Waals surface area contributed by atoms with Crippen LogP contribution in [0.3, 0.4) is 0 Å². The van der Waals surface area contributed by atoms with Gasteiger partial charge in [-0.05, 0) is 61.0 Å². The molecule has 0 aliphatic rings. The fraction of sp³-hybridized carbons (Fsp3) is 0.125. The molecule has 0 bridgehead atoms. The monoisotopic (exact) mass is 433 g/mol. The van der Waals surface area contributed by atoms with Gasteiger partial charge in [-0.3, -0.25) is 0 Å². The molecule has 8 nitrogen and oxygen atoms in total. The van der Waals surface area contributed by atoms with Crippen LogP contribution >= 0.6 is 0 Å². The van der Waals surface area contributed by atoms with Gasteiger partial charge in [0.1, 0.15) is 18.1 Å². The lowest BCUT2D eigenvalue weighted by atomic mass is 10.1. The Balaban J connectivity index is 1.54. The molecule has 3 N–H and O–H groups in total. The second-order valence-electron chi connectivity index (χ2n) is 6.61. The zero-order valence-electron chi connectivity index (χ0n) is 17.4. The number of anilines is 1. The number of carboxylic acid groups (broad SMARTS) is 1. The lowest BCUT2D eigenvalue weighted by Crippen LogP contribution is -2.24. The van der Waals surface area contributed by atoms with E-state index in [4.69, 9.17) is 14.6 Å². The Kier molecular flexibility index (Phi) is 7.80. The van der Waals surface area contributed by atoms with E-state index in [0.29, 0.717) is 23.6 Å². The van der Waals surface area contributed by atoms with E-state index >= 15 is 0 Å². The molecule has 164 valence electrons. The van der Waals surface area contributed by atoms with E-state index in [-0.39, 0.29) is 12.2 Å². The van der Waals surface area contributed by atoms with Gasteiger partial charge in [0.05, 0.1) is 18.4 Å². The number of hydrogen-bond donors (Lipinski definition) is 3. The van der Waals surface area contributed by atoms with Crippen LogP contribution in [0, 0.1) is 0 Å². The molecule has 0 atom stereocenters. The van der Waals surface area contributed by atoms with Crippen molar-refractivity contribution >= 4 is 23.9 Å². The number of nitrogens with one attached hydrogen (secondary N) is 2. The van der Waals surface area contributed by atoms with Gasteiger partial charge in [0.25, 0.3) is 0 Å². The number of hydrogen-bond acceptors (Lipinski definition) is 5. The highest BCUT2D eigenvalue weighted by Crippen LogP contribution is 2.18. The standard InChI is InChI=1S/C24H23N3O5/c1-2-31-21-13-11-20(12-14-21)26-24(30)27-25-15-19-5-3-4-6-22(19)32-16-17-7-9-18(10-8-17)23(28)29/h3-15H,2,16H2,1H3,(H,28,29)(H2,26,27,30)/b25-15+. The van der Waals surface area contributed by atoms with Gasteiger partial charge in [-0.25, -0.2) is 15.0 Å². The number of rotatable bonds is 9. The van der Waals surface area contributed by atoms with Crippen molar-refractivity contribution in [2.75, 3.05) is 11.9 Å². The van der Waals surface area contributed by atoms with Crippen LogP contribution in [-0.4, -0.2) is 29.9 Å². The summed E-state index contributed by atoms with van der Waals surface area (Å²) >= 11 is 0. The third kappa shape index (κ3) is 6.60. The van der Waals surface area contributed by atoms with E-state index in [0.717, 1.165) is 11.3 Å². The largest absolute Gasteiger partial charge is 0.494 e. The second kappa shape index (κ2) is 11.2. The fourth-order valence-electron chi connectivity index (χ4n) is 2.74. The zero-order valence-corrected chi connectivity index (χ0v) is 17.4. The molecule has 0 spiro atoms. The number of urea groups is 1. The first-order chi connectivity index (χ1) is 15.5. The summed E-state index contributed by atoms with van der Waals surface area (Å²) in [6.07, 6.45) is 1.49. The number of benzene rings is 3. The summed E-state index contributed by atoms with van der Waals surface area (Å²) in [7, 11) is 0. The van der Waals surface area contributed by atoms with Gasteiger partial charge in [0.15, 0.2) is 0 Å². The molecular formula is C24H23N3O5. The van der Waals surface area contributed by atoms with Crippen molar-refractivity contribution in [3.63, 3.8) is 0 Å². The number of para-hydroxylation sites is 1. The van der Waals surface area contributed by atoms with Crippen molar-refractivity contribution in [3.8, 4) is 11.5 Å². The number of ether oxygens (including phenoxy) is 2. The van der Waals surface area contributed by atoms with Crippen molar-refractivity contribution in [2.24, 2.45) is 5.10 Å². The van der Waals surface area contributed by atoms with Crippen LogP contribution in [0.15, 0.2) is 77.9 Å². The molecular weight excluding hydrogens is 410 g/mol. The van der Waals surface area contributed by atoms with Gasteiger partial charge < -0.3 is 19.9 Å². The average Bonchev–Trinajstić information content (AvgIpc) is 2.80. The molecule has 8 heteroatoms. The highest BCUT2D eigenvalue weighted by molar-refractivity contribution is 5.91. The maximum atomic E-state index is 12.0. The van der Waals surface area contributed by atoms with Crippen molar-refractivity contribution in [1.82, 2.24) is 5.43 Å². The molecule has 0 saturated carbocycles. The number of carbonyl (C=O) groups excluding carboxylic acids is 1. The van der Waals surface area contributed by atoms with Crippen LogP contribution in [0.2, 0.25) is 0 Å². The first kappa shape index (κ1) is 22.4. The van der Waals surface area contributed by atoms with Crippen molar-refractivity contribution in [2.45, 2.75) is 13.5 Å². The lowest BCUT2D eigenvalue weighted by Gasteiger charge is -2.09. The molecule has 0 aliphatic heterocycles. The number of carbonyl (C=O) groups is 2. The topological polar surface area (TPSA) is 109 Å². The molecule has 0 unspecified atom stereocenters. The molecule has 0 heterocycles. The van der Waals surface area contributed by atoms with E-state index in [9.17, 15) is 9.59 Å². The minimum atomic E-state index is -0.974. The van der Waals surface area contributed by atoms with Crippen molar-refractivity contribution in [3.05, 3.63) is 89.5 Å². The molecule has 3 aromatic carbocycles. The Morgan fingerprint density at radius 2 is 1.69 bits per heavy atom. The summed E-state index contributed by atoms with van der Waals surface area (Å²) in [5, 5.41) is 15.6. The van der Waals surface area contributed by atoms with E-state index in [2.05, 4.69) is 15.8 Å². The number of amides is 2. The van der Waals surface area contributed by atoms with Gasteiger partial charge in [0, 0.05) is 11.3 Å². The van der Waals surface area contributed by atoms with Gasteiger partial charge in [-0.2, -0.15) is 5.10 Å². The van der Waals surface area contributed by atoms with Crippen LogP contribution in [0.5, 0.6) is 11.5 Å². The minimum absolute atomic E-state index is 0.218. The maximum absolute atomic E-state index is 12.0. The third-order valence-electron chi connectivity index (χ3n) is 4.31. The Bertz CT molecular complexity index is 1080. The first-order valence-electron chi connectivity index (χ1n) is 9.92. The zero-order chi connectivity index (χ0) is 22.8. The summed E-state index contributed by atoms with van der Waals surface area (Å²) in [6, 6.07) is 20.2. The number of aromatic carboxylic acids is 1. The lowest BCUT2D eigenvalue weighted by molar-refractivity contribution is 0.0696. The number of nitrogens with zero attached hydrogens (tertiary/aromatic N) is 1. The van der Waals surface area contributed by atoms with Crippen LogP contribution < -0.4 is 20.2 Å². The molecule has 2 amide bonds. The first-order valence-corrected chi connectivity index (χ1v) is 9.92. The average molecular weight is 433 g/mol. The SMILES string of the molecule is CCOc1ccc(NC(=O)N/N=C/c2ccccc2OCc2ccc(C(=O)O)cc2)cc1. The summed E-state index contributed by atoms with van der Waals surface area (Å²) in [4.78, 5) is 23.0. The quantitative estimate of drug-likeness (QED) is 0.340. The predicted octanol–water partition coefficient (Wildman–Crippen LogP) is 4.52.